The smallest absolute Gasteiger partial charge is 0.321 e. The van der Waals surface area contributed by atoms with Gasteiger partial charge in [-0.15, -0.1) is 24.7 Å². The lowest BCUT2D eigenvalue weighted by Gasteiger charge is -2.26. The van der Waals surface area contributed by atoms with Gasteiger partial charge in [-0.1, -0.05) is 0 Å². The van der Waals surface area contributed by atoms with Crippen LogP contribution in [0.1, 0.15) is 63.0 Å². The minimum absolute atomic E-state index is 0.0309. The van der Waals surface area contributed by atoms with Crippen LogP contribution in [-0.2, 0) is 5.54 Å². The number of rotatable bonds is 15. The van der Waals surface area contributed by atoms with Crippen molar-refractivity contribution in [2.45, 2.75) is 56.9 Å². The highest BCUT2D eigenvalue weighted by molar-refractivity contribution is 6.28. The first-order valence-corrected chi connectivity index (χ1v) is 11.6. The maximum absolute atomic E-state index is 6.76. The fourth-order valence-corrected chi connectivity index (χ4v) is 3.19. The molecule has 0 unspecified atom stereocenters. The Kier molecular flexibility index (Phi) is 11.7. The monoisotopic (exact) mass is 506 g/mol. The lowest BCUT2D eigenvalue weighted by atomic mass is 9.92. The third kappa shape index (κ3) is 8.54. The summed E-state index contributed by atoms with van der Waals surface area (Å²) in [7, 11) is 0. The summed E-state index contributed by atoms with van der Waals surface area (Å²) < 4.78 is 11.3. The number of aromatic nitrogens is 6. The minimum atomic E-state index is -1.40. The Hall–Kier alpha value is -2.76. The van der Waals surface area contributed by atoms with E-state index in [0.717, 1.165) is 25.7 Å². The van der Waals surface area contributed by atoms with Gasteiger partial charge in [-0.05, 0) is 68.3 Å². The van der Waals surface area contributed by atoms with Crippen LogP contribution < -0.4 is 20.9 Å². The zero-order valence-electron chi connectivity index (χ0n) is 18.8. The Labute approximate surface area is 209 Å². The molecule has 2 heterocycles. The molecule has 0 aliphatic carbocycles. The molecule has 182 valence electrons. The van der Waals surface area contributed by atoms with Crippen LogP contribution >= 0.6 is 23.2 Å². The fourth-order valence-electron chi connectivity index (χ4n) is 2.88. The average Bonchev–Trinajstić information content (AvgIpc) is 2.81. The van der Waals surface area contributed by atoms with Crippen molar-refractivity contribution in [3.05, 3.63) is 22.2 Å². The van der Waals surface area contributed by atoms with E-state index in [2.05, 4.69) is 41.7 Å². The molecular formula is C22H28Cl2N8O2. The quantitative estimate of drug-likeness (QED) is 0.272. The lowest BCUT2D eigenvalue weighted by Crippen LogP contribution is -2.42. The zero-order valence-corrected chi connectivity index (χ0v) is 20.4. The zero-order chi connectivity index (χ0) is 24.8. The largest absolute Gasteiger partial charge is 0.463 e. The molecule has 12 heteroatoms. The van der Waals surface area contributed by atoms with E-state index in [-0.39, 0.29) is 34.2 Å². The molecule has 0 fully saturated rings. The highest BCUT2D eigenvalue weighted by atomic mass is 35.5. The third-order valence-electron chi connectivity index (χ3n) is 4.64. The van der Waals surface area contributed by atoms with Gasteiger partial charge in [0, 0.05) is 12.8 Å². The number of ether oxygens (including phenoxy) is 2. The van der Waals surface area contributed by atoms with Gasteiger partial charge in [-0.3, -0.25) is 0 Å². The molecule has 0 atom stereocenters. The summed E-state index contributed by atoms with van der Waals surface area (Å²) in [6, 6.07) is 0.0619. The van der Waals surface area contributed by atoms with E-state index in [0.29, 0.717) is 45.4 Å². The lowest BCUT2D eigenvalue weighted by molar-refractivity contribution is 0.273. The van der Waals surface area contributed by atoms with E-state index in [1.165, 1.54) is 0 Å². The van der Waals surface area contributed by atoms with Crippen LogP contribution in [0.15, 0.2) is 0 Å². The average molecular weight is 507 g/mol. The highest BCUT2D eigenvalue weighted by Gasteiger charge is 2.38. The maximum Gasteiger partial charge on any atom is 0.321 e. The second-order valence-electron chi connectivity index (χ2n) is 7.30. The molecule has 2 aromatic rings. The molecule has 0 spiro atoms. The number of halogens is 2. The highest BCUT2D eigenvalue weighted by Crippen LogP contribution is 2.30. The molecular weight excluding hydrogens is 479 g/mol. The molecule has 10 nitrogen and oxygen atoms in total. The Morgan fingerprint density at radius 3 is 1.62 bits per heavy atom. The van der Waals surface area contributed by atoms with Gasteiger partial charge in [0.15, 0.2) is 11.6 Å². The van der Waals surface area contributed by atoms with Crippen LogP contribution in [0.4, 0.5) is 0 Å². The van der Waals surface area contributed by atoms with Crippen LogP contribution in [0.3, 0.4) is 0 Å². The first-order chi connectivity index (χ1) is 16.4. The Morgan fingerprint density at radius 2 is 1.21 bits per heavy atom. The minimum Gasteiger partial charge on any atom is -0.463 e. The van der Waals surface area contributed by atoms with E-state index in [1.54, 1.807) is 0 Å². The van der Waals surface area contributed by atoms with Crippen molar-refractivity contribution >= 4 is 23.2 Å². The fraction of sp³-hybridized carbons (Fsp3) is 0.545. The van der Waals surface area contributed by atoms with Crippen molar-refractivity contribution in [3.63, 3.8) is 0 Å². The standard InChI is InChI=1S/C22H28Cl2N8O2/c1-3-5-7-9-14-33-20-29-16(27-18(23)31-20)22(26,12-11-13-25)17-28-19(24)32-21(30-17)34-15-10-8-6-4-2/h1-2H,5-15,25-26H2. The molecule has 0 bridgehead atoms. The van der Waals surface area contributed by atoms with Crippen molar-refractivity contribution in [2.24, 2.45) is 11.5 Å². The maximum atomic E-state index is 6.76. The van der Waals surface area contributed by atoms with E-state index in [4.69, 9.17) is 57.0 Å². The molecule has 2 rings (SSSR count). The Balaban J connectivity index is 2.31. The Bertz CT molecular complexity index is 936. The molecule has 34 heavy (non-hydrogen) atoms. The van der Waals surface area contributed by atoms with E-state index in [1.807, 2.05) is 0 Å². The predicted octanol–water partition coefficient (Wildman–Crippen LogP) is 2.67. The van der Waals surface area contributed by atoms with Crippen LogP contribution in [0.2, 0.25) is 10.6 Å². The number of hydrogen-bond acceptors (Lipinski definition) is 10. The van der Waals surface area contributed by atoms with E-state index >= 15 is 0 Å². The van der Waals surface area contributed by atoms with Crippen molar-refractivity contribution in [2.75, 3.05) is 19.8 Å². The van der Waals surface area contributed by atoms with Gasteiger partial charge in [-0.2, -0.15) is 29.9 Å². The molecule has 2 aromatic heterocycles. The predicted molar refractivity (Wildman–Crippen MR) is 129 cm³/mol. The van der Waals surface area contributed by atoms with Crippen LogP contribution in [-0.4, -0.2) is 49.7 Å². The van der Waals surface area contributed by atoms with E-state index in [9.17, 15) is 0 Å². The number of nitrogens with two attached hydrogens (primary N) is 2. The van der Waals surface area contributed by atoms with Crippen molar-refractivity contribution in [3.8, 4) is 36.7 Å². The molecule has 0 saturated carbocycles. The van der Waals surface area contributed by atoms with Crippen molar-refractivity contribution in [1.29, 1.82) is 0 Å². The molecule has 0 aliphatic heterocycles. The summed E-state index contributed by atoms with van der Waals surface area (Å²) in [5.74, 6) is 5.39. The number of hydrogen-bond donors (Lipinski definition) is 2. The number of unbranched alkanes of at least 4 members (excludes halogenated alkanes) is 4. The van der Waals surface area contributed by atoms with Gasteiger partial charge < -0.3 is 20.9 Å². The molecule has 0 aromatic carbocycles. The first-order valence-electron chi connectivity index (χ1n) is 10.9. The second kappa shape index (κ2) is 14.5. The van der Waals surface area contributed by atoms with Crippen LogP contribution in [0.25, 0.3) is 0 Å². The second-order valence-corrected chi connectivity index (χ2v) is 7.98. The summed E-state index contributed by atoms with van der Waals surface area (Å²) in [5, 5.41) is -0.173. The topological polar surface area (TPSA) is 148 Å². The first kappa shape index (κ1) is 27.5. The molecule has 4 N–H and O–H groups in total. The van der Waals surface area contributed by atoms with Gasteiger partial charge >= 0.3 is 12.0 Å². The van der Waals surface area contributed by atoms with Gasteiger partial charge in [-0.25, -0.2) is 0 Å². The summed E-state index contributed by atoms with van der Waals surface area (Å²) in [6.45, 7) is 1.09. The van der Waals surface area contributed by atoms with Gasteiger partial charge in [0.05, 0.1) is 13.2 Å². The number of nitrogens with zero attached hydrogens (tertiary/aromatic N) is 6. The summed E-state index contributed by atoms with van der Waals surface area (Å²) in [4.78, 5) is 25.2. The molecule has 0 amide bonds. The molecule has 0 radical (unpaired) electrons. The van der Waals surface area contributed by atoms with Crippen LogP contribution in [0, 0.1) is 24.7 Å². The summed E-state index contributed by atoms with van der Waals surface area (Å²) >= 11 is 12.3. The van der Waals surface area contributed by atoms with Gasteiger partial charge in [0.2, 0.25) is 10.6 Å². The van der Waals surface area contributed by atoms with Crippen molar-refractivity contribution < 1.29 is 9.47 Å². The van der Waals surface area contributed by atoms with Crippen LogP contribution in [0.5, 0.6) is 12.0 Å². The summed E-state index contributed by atoms with van der Waals surface area (Å²) in [5.41, 5.74) is 11.1. The van der Waals surface area contributed by atoms with Crippen molar-refractivity contribution in [1.82, 2.24) is 29.9 Å². The molecule has 0 saturated heterocycles. The third-order valence-corrected chi connectivity index (χ3v) is 4.98. The SMILES string of the molecule is C#CCCCCOc1nc(Cl)nc(C(N)(CCCN)c2nc(Cl)nc(OCCCCC#C)n2)n1. The number of terminal acetylenes is 2. The van der Waals surface area contributed by atoms with Gasteiger partial charge in [0.1, 0.15) is 5.54 Å². The normalized spacial score (nSPS) is 11.0. The Morgan fingerprint density at radius 1 is 0.735 bits per heavy atom. The van der Waals surface area contributed by atoms with Gasteiger partial charge in [0.25, 0.3) is 0 Å². The molecule has 0 aliphatic rings. The van der Waals surface area contributed by atoms with E-state index < -0.39 is 5.54 Å². The summed E-state index contributed by atoms with van der Waals surface area (Å²) in [6.07, 6.45) is 15.8.